The average Bonchev–Trinajstić information content (AvgIpc) is 2.69. The summed E-state index contributed by atoms with van der Waals surface area (Å²) in [5.74, 6) is 0.523. The molecule has 2 atom stereocenters. The molecule has 0 fully saturated rings. The van der Waals surface area contributed by atoms with Gasteiger partial charge in [0.15, 0.2) is 0 Å². The van der Waals surface area contributed by atoms with E-state index in [1.807, 2.05) is 19.2 Å². The SMILES string of the molecule is CCC(C)C(NC)c1cc2[nH]c(=O)[nH]c2cc1Br. The largest absolute Gasteiger partial charge is 0.323 e. The highest BCUT2D eigenvalue weighted by molar-refractivity contribution is 9.10. The summed E-state index contributed by atoms with van der Waals surface area (Å²) >= 11 is 3.59. The summed E-state index contributed by atoms with van der Waals surface area (Å²) < 4.78 is 1.02. The third kappa shape index (κ3) is 2.37. The third-order valence-corrected chi connectivity index (χ3v) is 4.18. The first-order valence-corrected chi connectivity index (χ1v) is 6.94. The van der Waals surface area contributed by atoms with Crippen molar-refractivity contribution in [3.63, 3.8) is 0 Å². The van der Waals surface area contributed by atoms with Gasteiger partial charge >= 0.3 is 5.69 Å². The van der Waals surface area contributed by atoms with Crippen LogP contribution in [0.2, 0.25) is 0 Å². The Bertz CT molecular complexity index is 602. The molecule has 2 unspecified atom stereocenters. The molecule has 0 amide bonds. The van der Waals surface area contributed by atoms with Gasteiger partial charge in [0.05, 0.1) is 11.0 Å². The van der Waals surface area contributed by atoms with Crippen LogP contribution < -0.4 is 11.0 Å². The first-order valence-electron chi connectivity index (χ1n) is 6.15. The van der Waals surface area contributed by atoms with Gasteiger partial charge in [0, 0.05) is 10.5 Å². The van der Waals surface area contributed by atoms with E-state index in [0.29, 0.717) is 5.92 Å². The fourth-order valence-electron chi connectivity index (χ4n) is 2.29. The number of rotatable bonds is 4. The monoisotopic (exact) mass is 311 g/mol. The topological polar surface area (TPSA) is 60.7 Å². The van der Waals surface area contributed by atoms with E-state index in [4.69, 9.17) is 0 Å². The lowest BCUT2D eigenvalue weighted by Gasteiger charge is -2.24. The third-order valence-electron chi connectivity index (χ3n) is 3.49. The van der Waals surface area contributed by atoms with Crippen molar-refractivity contribution >= 4 is 27.0 Å². The molecule has 2 aromatic rings. The van der Waals surface area contributed by atoms with Gasteiger partial charge in [-0.25, -0.2) is 4.79 Å². The molecule has 4 nitrogen and oxygen atoms in total. The Labute approximate surface area is 114 Å². The molecule has 18 heavy (non-hydrogen) atoms. The summed E-state index contributed by atoms with van der Waals surface area (Å²) in [6.07, 6.45) is 1.10. The highest BCUT2D eigenvalue weighted by Gasteiger charge is 2.19. The molecule has 1 heterocycles. The van der Waals surface area contributed by atoms with Crippen molar-refractivity contribution in [3.8, 4) is 0 Å². The van der Waals surface area contributed by atoms with Crippen molar-refractivity contribution in [2.24, 2.45) is 5.92 Å². The number of aromatic nitrogens is 2. The zero-order valence-corrected chi connectivity index (χ0v) is 12.4. The van der Waals surface area contributed by atoms with Crippen molar-refractivity contribution in [2.75, 3.05) is 7.05 Å². The minimum atomic E-state index is -0.168. The van der Waals surface area contributed by atoms with Crippen molar-refractivity contribution < 1.29 is 0 Å². The highest BCUT2D eigenvalue weighted by Crippen LogP contribution is 2.32. The van der Waals surface area contributed by atoms with Crippen LogP contribution in [0.5, 0.6) is 0 Å². The predicted octanol–water partition coefficient (Wildman–Crippen LogP) is 2.93. The molecule has 1 aromatic carbocycles. The summed E-state index contributed by atoms with van der Waals surface area (Å²) in [6, 6.07) is 4.26. The first kappa shape index (κ1) is 13.4. The summed E-state index contributed by atoms with van der Waals surface area (Å²) in [6.45, 7) is 4.40. The van der Waals surface area contributed by atoms with Gasteiger partial charge in [-0.15, -0.1) is 0 Å². The summed E-state index contributed by atoms with van der Waals surface area (Å²) in [4.78, 5) is 16.9. The van der Waals surface area contributed by atoms with E-state index < -0.39 is 0 Å². The molecular weight excluding hydrogens is 294 g/mol. The van der Waals surface area contributed by atoms with E-state index in [2.05, 4.69) is 45.1 Å². The van der Waals surface area contributed by atoms with Crippen LogP contribution in [0.3, 0.4) is 0 Å². The second-order valence-corrected chi connectivity index (χ2v) is 5.50. The average molecular weight is 312 g/mol. The van der Waals surface area contributed by atoms with Gasteiger partial charge in [0.1, 0.15) is 0 Å². The number of halogens is 1. The van der Waals surface area contributed by atoms with Gasteiger partial charge in [-0.1, -0.05) is 36.2 Å². The number of hydrogen-bond donors (Lipinski definition) is 3. The molecule has 0 saturated heterocycles. The van der Waals surface area contributed by atoms with Crippen molar-refractivity contribution in [1.29, 1.82) is 0 Å². The van der Waals surface area contributed by atoms with E-state index >= 15 is 0 Å². The molecule has 3 N–H and O–H groups in total. The van der Waals surface area contributed by atoms with Crippen LogP contribution in [0.4, 0.5) is 0 Å². The van der Waals surface area contributed by atoms with Crippen molar-refractivity contribution in [1.82, 2.24) is 15.3 Å². The van der Waals surface area contributed by atoms with Crippen LogP contribution in [-0.2, 0) is 0 Å². The maximum atomic E-state index is 11.3. The number of H-pyrrole nitrogens is 2. The smallest absolute Gasteiger partial charge is 0.313 e. The number of benzene rings is 1. The molecular formula is C13H18BrN3O. The molecule has 2 rings (SSSR count). The standard InChI is InChI=1S/C13H18BrN3O/c1-4-7(2)12(15-3)8-5-10-11(6-9(8)14)17-13(18)16-10/h5-7,12,15H,4H2,1-3H3,(H2,16,17,18). The van der Waals surface area contributed by atoms with Crippen LogP contribution in [0.15, 0.2) is 21.4 Å². The van der Waals surface area contributed by atoms with Crippen molar-refractivity contribution in [2.45, 2.75) is 26.3 Å². The van der Waals surface area contributed by atoms with E-state index in [1.54, 1.807) is 0 Å². The Kier molecular flexibility index (Phi) is 3.92. The fraction of sp³-hybridized carbons (Fsp3) is 0.462. The van der Waals surface area contributed by atoms with Crippen LogP contribution in [0.1, 0.15) is 31.9 Å². The van der Waals surface area contributed by atoms with Crippen molar-refractivity contribution in [3.05, 3.63) is 32.7 Å². The van der Waals surface area contributed by atoms with Gasteiger partial charge in [-0.2, -0.15) is 0 Å². The first-order chi connectivity index (χ1) is 8.56. The van der Waals surface area contributed by atoms with Gasteiger partial charge < -0.3 is 15.3 Å². The summed E-state index contributed by atoms with van der Waals surface area (Å²) in [5.41, 5.74) is 2.68. The van der Waals surface area contributed by atoms with Crippen LogP contribution >= 0.6 is 15.9 Å². The van der Waals surface area contributed by atoms with Gasteiger partial charge in [-0.3, -0.25) is 0 Å². The molecule has 0 saturated carbocycles. The summed E-state index contributed by atoms with van der Waals surface area (Å²) in [7, 11) is 1.97. The molecule has 98 valence electrons. The number of imidazole rings is 1. The molecule has 1 aromatic heterocycles. The zero-order valence-electron chi connectivity index (χ0n) is 10.8. The normalized spacial score (nSPS) is 14.9. The second-order valence-electron chi connectivity index (χ2n) is 4.65. The lowest BCUT2D eigenvalue weighted by atomic mass is 9.92. The maximum Gasteiger partial charge on any atom is 0.323 e. The Hall–Kier alpha value is -1.07. The minimum Gasteiger partial charge on any atom is -0.313 e. The molecule has 0 radical (unpaired) electrons. The fourth-order valence-corrected chi connectivity index (χ4v) is 2.88. The van der Waals surface area contributed by atoms with E-state index in [9.17, 15) is 4.79 Å². The molecule has 5 heteroatoms. The van der Waals surface area contributed by atoms with Crippen LogP contribution in [0.25, 0.3) is 11.0 Å². The number of fused-ring (bicyclic) bond motifs is 1. The maximum absolute atomic E-state index is 11.3. The molecule has 0 aliphatic rings. The van der Waals surface area contributed by atoms with Gasteiger partial charge in [0.25, 0.3) is 0 Å². The Morgan fingerprint density at radius 1 is 1.33 bits per heavy atom. The molecule has 0 aliphatic heterocycles. The van der Waals surface area contributed by atoms with E-state index in [0.717, 1.165) is 21.9 Å². The minimum absolute atomic E-state index is 0.168. The van der Waals surface area contributed by atoms with Crippen LogP contribution in [-0.4, -0.2) is 17.0 Å². The summed E-state index contributed by atoms with van der Waals surface area (Å²) in [5, 5.41) is 3.35. The van der Waals surface area contributed by atoms with Gasteiger partial charge in [-0.05, 0) is 30.7 Å². The lowest BCUT2D eigenvalue weighted by molar-refractivity contribution is 0.399. The number of hydrogen-bond acceptors (Lipinski definition) is 2. The van der Waals surface area contributed by atoms with Gasteiger partial charge in [0.2, 0.25) is 0 Å². The second kappa shape index (κ2) is 5.28. The number of aromatic amines is 2. The molecule has 0 aliphatic carbocycles. The predicted molar refractivity (Wildman–Crippen MR) is 77.9 cm³/mol. The number of nitrogens with one attached hydrogen (secondary N) is 3. The lowest BCUT2D eigenvalue weighted by Crippen LogP contribution is -2.23. The highest BCUT2D eigenvalue weighted by atomic mass is 79.9. The Balaban J connectivity index is 2.54. The molecule has 0 bridgehead atoms. The Morgan fingerprint density at radius 3 is 2.50 bits per heavy atom. The molecule has 0 spiro atoms. The Morgan fingerprint density at radius 2 is 1.94 bits per heavy atom. The quantitative estimate of drug-likeness (QED) is 0.813. The zero-order chi connectivity index (χ0) is 13.3. The van der Waals surface area contributed by atoms with Crippen LogP contribution in [0, 0.1) is 5.92 Å². The van der Waals surface area contributed by atoms with E-state index in [-0.39, 0.29) is 11.7 Å². The van der Waals surface area contributed by atoms with E-state index in [1.165, 1.54) is 5.56 Å².